The van der Waals surface area contributed by atoms with E-state index in [0.717, 1.165) is 37.1 Å². The Morgan fingerprint density at radius 1 is 1.30 bits per heavy atom. The zero-order valence-electron chi connectivity index (χ0n) is 13.9. The van der Waals surface area contributed by atoms with Crippen LogP contribution in [0.4, 0.5) is 4.79 Å². The van der Waals surface area contributed by atoms with Crippen LogP contribution >= 0.6 is 11.6 Å². The Hall–Kier alpha value is -1.26. The maximum absolute atomic E-state index is 12.0. The summed E-state index contributed by atoms with van der Waals surface area (Å²) in [6, 6.07) is 7.90. The minimum atomic E-state index is -0.201. The number of rotatable bonds is 5. The molecule has 0 radical (unpaired) electrons. The number of benzene rings is 1. The molecule has 1 saturated carbocycles. The number of hydrogen-bond acceptors (Lipinski definition) is 2. The standard InChI is InChI=1S/C18H27ClN2O2/c1-18(2,11-13-4-3-5-14(19)10-13)12-20-17(23)21-15-6-8-16(22)9-7-15/h3-5,10,15-16,22H,6-9,11-12H2,1-2H3,(H2,20,21,23). The van der Waals surface area contributed by atoms with E-state index in [-0.39, 0.29) is 23.6 Å². The van der Waals surface area contributed by atoms with E-state index in [0.29, 0.717) is 6.54 Å². The van der Waals surface area contributed by atoms with Gasteiger partial charge in [0.2, 0.25) is 0 Å². The van der Waals surface area contributed by atoms with Gasteiger partial charge in [0.25, 0.3) is 0 Å². The molecule has 2 rings (SSSR count). The van der Waals surface area contributed by atoms with Crippen LogP contribution in [0.2, 0.25) is 5.02 Å². The molecule has 1 aromatic rings. The molecular formula is C18H27ClN2O2. The van der Waals surface area contributed by atoms with Gasteiger partial charge in [-0.05, 0) is 55.2 Å². The first-order chi connectivity index (χ1) is 10.8. The quantitative estimate of drug-likeness (QED) is 0.769. The number of amides is 2. The Balaban J connectivity index is 1.76. The molecule has 0 unspecified atom stereocenters. The number of aliphatic hydroxyl groups excluding tert-OH is 1. The lowest BCUT2D eigenvalue weighted by atomic mass is 9.86. The minimum Gasteiger partial charge on any atom is -0.393 e. The molecule has 1 fully saturated rings. The predicted molar refractivity (Wildman–Crippen MR) is 93.7 cm³/mol. The Kier molecular flexibility index (Phi) is 6.31. The van der Waals surface area contributed by atoms with Crippen molar-refractivity contribution in [2.45, 2.75) is 58.1 Å². The Bertz CT molecular complexity index is 526. The van der Waals surface area contributed by atoms with Gasteiger partial charge in [0, 0.05) is 17.6 Å². The lowest BCUT2D eigenvalue weighted by Crippen LogP contribution is -2.46. The van der Waals surface area contributed by atoms with E-state index in [9.17, 15) is 9.90 Å². The molecule has 0 atom stereocenters. The van der Waals surface area contributed by atoms with Gasteiger partial charge < -0.3 is 15.7 Å². The van der Waals surface area contributed by atoms with Crippen molar-refractivity contribution in [2.24, 2.45) is 5.41 Å². The normalized spacial score (nSPS) is 21.7. The molecule has 1 aliphatic rings. The van der Waals surface area contributed by atoms with Crippen molar-refractivity contribution in [2.75, 3.05) is 6.54 Å². The summed E-state index contributed by atoms with van der Waals surface area (Å²) in [5.41, 5.74) is 1.12. The summed E-state index contributed by atoms with van der Waals surface area (Å²) < 4.78 is 0. The fourth-order valence-electron chi connectivity index (χ4n) is 3.04. The van der Waals surface area contributed by atoms with Crippen LogP contribution in [0.25, 0.3) is 0 Å². The molecule has 5 heteroatoms. The van der Waals surface area contributed by atoms with Crippen molar-refractivity contribution >= 4 is 17.6 Å². The second-order valence-electron chi connectivity index (χ2n) is 7.30. The fourth-order valence-corrected chi connectivity index (χ4v) is 3.25. The van der Waals surface area contributed by atoms with Crippen LogP contribution in [0.5, 0.6) is 0 Å². The maximum Gasteiger partial charge on any atom is 0.315 e. The Morgan fingerprint density at radius 3 is 2.65 bits per heavy atom. The largest absolute Gasteiger partial charge is 0.393 e. The molecule has 128 valence electrons. The van der Waals surface area contributed by atoms with Crippen LogP contribution in [-0.4, -0.2) is 29.8 Å². The van der Waals surface area contributed by atoms with Crippen LogP contribution in [0.1, 0.15) is 45.1 Å². The number of carbonyl (C=O) groups is 1. The van der Waals surface area contributed by atoms with Gasteiger partial charge in [0.05, 0.1) is 6.10 Å². The smallest absolute Gasteiger partial charge is 0.315 e. The number of nitrogens with one attached hydrogen (secondary N) is 2. The van der Waals surface area contributed by atoms with E-state index in [1.54, 1.807) is 0 Å². The second-order valence-corrected chi connectivity index (χ2v) is 7.74. The SMILES string of the molecule is CC(C)(CNC(=O)NC1CCC(O)CC1)Cc1cccc(Cl)c1. The summed E-state index contributed by atoms with van der Waals surface area (Å²) in [6.45, 7) is 4.86. The average Bonchev–Trinajstić information content (AvgIpc) is 2.47. The zero-order chi connectivity index (χ0) is 16.9. The summed E-state index contributed by atoms with van der Waals surface area (Å²) in [5.74, 6) is 0. The fraction of sp³-hybridized carbons (Fsp3) is 0.611. The monoisotopic (exact) mass is 338 g/mol. The van der Waals surface area contributed by atoms with Crippen LogP contribution in [0.3, 0.4) is 0 Å². The first-order valence-electron chi connectivity index (χ1n) is 8.31. The predicted octanol–water partition coefficient (Wildman–Crippen LogP) is 3.51. The summed E-state index contributed by atoms with van der Waals surface area (Å²) in [4.78, 5) is 12.0. The van der Waals surface area contributed by atoms with Crippen LogP contribution in [-0.2, 0) is 6.42 Å². The van der Waals surface area contributed by atoms with Gasteiger partial charge in [0.1, 0.15) is 0 Å². The van der Waals surface area contributed by atoms with E-state index < -0.39 is 0 Å². The molecule has 0 heterocycles. The molecule has 0 aromatic heterocycles. The molecule has 1 aromatic carbocycles. The Morgan fingerprint density at radius 2 is 2.00 bits per heavy atom. The topological polar surface area (TPSA) is 61.4 Å². The minimum absolute atomic E-state index is 0.0508. The van der Waals surface area contributed by atoms with Gasteiger partial charge in [-0.1, -0.05) is 37.6 Å². The molecule has 0 bridgehead atoms. The second kappa shape index (κ2) is 8.02. The van der Waals surface area contributed by atoms with Crippen molar-refractivity contribution in [1.29, 1.82) is 0 Å². The molecule has 2 amide bonds. The summed E-state index contributed by atoms with van der Waals surface area (Å²) in [5, 5.41) is 16.2. The molecule has 0 saturated heterocycles. The molecule has 3 N–H and O–H groups in total. The third-order valence-corrected chi connectivity index (χ3v) is 4.57. The number of halogens is 1. The number of aliphatic hydroxyl groups is 1. The first kappa shape index (κ1) is 18.1. The van der Waals surface area contributed by atoms with E-state index in [2.05, 4.69) is 30.5 Å². The van der Waals surface area contributed by atoms with E-state index >= 15 is 0 Å². The zero-order valence-corrected chi connectivity index (χ0v) is 14.7. The van der Waals surface area contributed by atoms with Crippen molar-refractivity contribution in [3.63, 3.8) is 0 Å². The maximum atomic E-state index is 12.0. The molecule has 23 heavy (non-hydrogen) atoms. The van der Waals surface area contributed by atoms with Crippen molar-refractivity contribution in [3.05, 3.63) is 34.9 Å². The third-order valence-electron chi connectivity index (χ3n) is 4.33. The highest BCUT2D eigenvalue weighted by atomic mass is 35.5. The van der Waals surface area contributed by atoms with Crippen LogP contribution in [0, 0.1) is 5.41 Å². The van der Waals surface area contributed by atoms with Gasteiger partial charge in [-0.15, -0.1) is 0 Å². The first-order valence-corrected chi connectivity index (χ1v) is 8.69. The molecule has 4 nitrogen and oxygen atoms in total. The summed E-state index contributed by atoms with van der Waals surface area (Å²) in [6.07, 6.45) is 3.88. The lowest BCUT2D eigenvalue weighted by Gasteiger charge is -2.28. The highest BCUT2D eigenvalue weighted by Gasteiger charge is 2.23. The van der Waals surface area contributed by atoms with Gasteiger partial charge in [0.15, 0.2) is 0 Å². The molecule has 0 spiro atoms. The van der Waals surface area contributed by atoms with E-state index in [1.165, 1.54) is 5.56 Å². The lowest BCUT2D eigenvalue weighted by molar-refractivity contribution is 0.117. The van der Waals surface area contributed by atoms with Crippen LogP contribution in [0.15, 0.2) is 24.3 Å². The van der Waals surface area contributed by atoms with Crippen molar-refractivity contribution < 1.29 is 9.90 Å². The summed E-state index contributed by atoms with van der Waals surface area (Å²) in [7, 11) is 0. The number of hydrogen-bond donors (Lipinski definition) is 3. The van der Waals surface area contributed by atoms with Crippen LogP contribution < -0.4 is 10.6 Å². The van der Waals surface area contributed by atoms with E-state index in [4.69, 9.17) is 11.6 Å². The van der Waals surface area contributed by atoms with Crippen molar-refractivity contribution in [1.82, 2.24) is 10.6 Å². The van der Waals surface area contributed by atoms with Gasteiger partial charge in [-0.3, -0.25) is 0 Å². The molecule has 1 aliphatic carbocycles. The van der Waals surface area contributed by atoms with E-state index in [1.807, 2.05) is 18.2 Å². The molecular weight excluding hydrogens is 312 g/mol. The number of urea groups is 1. The van der Waals surface area contributed by atoms with Gasteiger partial charge >= 0.3 is 6.03 Å². The highest BCUT2D eigenvalue weighted by molar-refractivity contribution is 6.30. The number of carbonyl (C=O) groups excluding carboxylic acids is 1. The summed E-state index contributed by atoms with van der Waals surface area (Å²) >= 11 is 6.02. The highest BCUT2D eigenvalue weighted by Crippen LogP contribution is 2.23. The Labute approximate surface area is 143 Å². The van der Waals surface area contributed by atoms with Crippen molar-refractivity contribution in [3.8, 4) is 0 Å². The van der Waals surface area contributed by atoms with Gasteiger partial charge in [-0.2, -0.15) is 0 Å². The third kappa shape index (κ3) is 6.40. The molecule has 0 aliphatic heterocycles. The average molecular weight is 339 g/mol. The van der Waals surface area contributed by atoms with Gasteiger partial charge in [-0.25, -0.2) is 4.79 Å².